The van der Waals surface area contributed by atoms with Crippen LogP contribution in [-0.2, 0) is 4.79 Å². The Balaban J connectivity index is 1.75. The molecule has 0 atom stereocenters. The highest BCUT2D eigenvalue weighted by Crippen LogP contribution is 2.14. The van der Waals surface area contributed by atoms with Gasteiger partial charge in [-0.1, -0.05) is 0 Å². The summed E-state index contributed by atoms with van der Waals surface area (Å²) in [6.45, 7) is 8.20. The summed E-state index contributed by atoms with van der Waals surface area (Å²) in [4.78, 5) is 20.8. The minimum absolute atomic E-state index is 0.147. The molecule has 0 spiro atoms. The van der Waals surface area contributed by atoms with E-state index in [1.807, 2.05) is 4.90 Å². The first-order valence-corrected chi connectivity index (χ1v) is 8.67. The summed E-state index contributed by atoms with van der Waals surface area (Å²) in [5.41, 5.74) is 0. The van der Waals surface area contributed by atoms with Gasteiger partial charge in [0.05, 0.1) is 0 Å². The number of hydrogen-bond acceptors (Lipinski definition) is 3. The number of guanidine groups is 1. The third-order valence-corrected chi connectivity index (χ3v) is 4.57. The minimum atomic E-state index is 0.147. The van der Waals surface area contributed by atoms with Crippen molar-refractivity contribution in [3.05, 3.63) is 0 Å². The van der Waals surface area contributed by atoms with Crippen LogP contribution in [0.25, 0.3) is 0 Å². The molecule has 1 amide bonds. The Kier molecular flexibility index (Phi) is 6.96. The zero-order chi connectivity index (χ0) is 15.8. The average Bonchev–Trinajstić information content (AvgIpc) is 3.06. The van der Waals surface area contributed by atoms with Gasteiger partial charge in [0.25, 0.3) is 0 Å². The van der Waals surface area contributed by atoms with Crippen molar-refractivity contribution < 1.29 is 4.79 Å². The van der Waals surface area contributed by atoms with Crippen molar-refractivity contribution in [1.29, 1.82) is 0 Å². The van der Waals surface area contributed by atoms with E-state index in [0.717, 1.165) is 45.0 Å². The Hall–Kier alpha value is -1.30. The zero-order valence-corrected chi connectivity index (χ0v) is 14.1. The highest BCUT2D eigenvalue weighted by atomic mass is 16.2. The molecule has 2 aliphatic heterocycles. The van der Waals surface area contributed by atoms with E-state index in [4.69, 9.17) is 0 Å². The molecule has 6 heteroatoms. The SMILES string of the molecule is CCNC(=NCC(=O)N1CCCC1)NCC1CCN(C)CC1. The van der Waals surface area contributed by atoms with E-state index in [1.54, 1.807) is 0 Å². The van der Waals surface area contributed by atoms with Gasteiger partial charge in [-0.2, -0.15) is 0 Å². The number of piperidine rings is 1. The molecule has 6 nitrogen and oxygen atoms in total. The quantitative estimate of drug-likeness (QED) is 0.574. The van der Waals surface area contributed by atoms with Crippen LogP contribution in [0.1, 0.15) is 32.6 Å². The van der Waals surface area contributed by atoms with Gasteiger partial charge >= 0.3 is 0 Å². The number of carbonyl (C=O) groups is 1. The van der Waals surface area contributed by atoms with Gasteiger partial charge in [0.15, 0.2) is 5.96 Å². The van der Waals surface area contributed by atoms with E-state index in [9.17, 15) is 4.79 Å². The molecule has 126 valence electrons. The second-order valence-electron chi connectivity index (χ2n) is 6.41. The molecule has 0 bridgehead atoms. The van der Waals surface area contributed by atoms with E-state index in [1.165, 1.54) is 25.9 Å². The maximum Gasteiger partial charge on any atom is 0.244 e. The topological polar surface area (TPSA) is 60.0 Å². The van der Waals surface area contributed by atoms with Crippen LogP contribution in [0, 0.1) is 5.92 Å². The number of nitrogens with zero attached hydrogens (tertiary/aromatic N) is 3. The first-order valence-electron chi connectivity index (χ1n) is 8.67. The molecule has 0 radical (unpaired) electrons. The lowest BCUT2D eigenvalue weighted by molar-refractivity contribution is -0.128. The van der Waals surface area contributed by atoms with E-state index in [0.29, 0.717) is 5.92 Å². The molecule has 0 aromatic heterocycles. The van der Waals surface area contributed by atoms with E-state index < -0.39 is 0 Å². The maximum absolute atomic E-state index is 12.1. The summed E-state index contributed by atoms with van der Waals surface area (Å²) in [5, 5.41) is 6.64. The molecule has 2 N–H and O–H groups in total. The van der Waals surface area contributed by atoms with Crippen LogP contribution < -0.4 is 10.6 Å². The van der Waals surface area contributed by atoms with Crippen molar-refractivity contribution in [2.75, 3.05) is 52.9 Å². The van der Waals surface area contributed by atoms with Crippen LogP contribution in [-0.4, -0.2) is 74.5 Å². The Morgan fingerprint density at radius 2 is 1.82 bits per heavy atom. The number of aliphatic imine (C=N–C) groups is 1. The number of nitrogens with one attached hydrogen (secondary N) is 2. The third kappa shape index (κ3) is 5.48. The largest absolute Gasteiger partial charge is 0.357 e. The number of carbonyl (C=O) groups excluding carboxylic acids is 1. The molecule has 22 heavy (non-hydrogen) atoms. The summed E-state index contributed by atoms with van der Waals surface area (Å²) in [6.07, 6.45) is 4.72. The molecule has 2 saturated heterocycles. The van der Waals surface area contributed by atoms with Gasteiger partial charge in [0.2, 0.25) is 5.91 Å². The Bertz CT molecular complexity index is 371. The monoisotopic (exact) mass is 309 g/mol. The highest BCUT2D eigenvalue weighted by molar-refractivity contribution is 5.85. The predicted molar refractivity (Wildman–Crippen MR) is 90.0 cm³/mol. The van der Waals surface area contributed by atoms with Crippen molar-refractivity contribution in [2.24, 2.45) is 10.9 Å². The van der Waals surface area contributed by atoms with Crippen molar-refractivity contribution in [3.8, 4) is 0 Å². The van der Waals surface area contributed by atoms with Crippen molar-refractivity contribution >= 4 is 11.9 Å². The van der Waals surface area contributed by atoms with Crippen LogP contribution in [0.15, 0.2) is 4.99 Å². The molecule has 2 rings (SSSR count). The summed E-state index contributed by atoms with van der Waals surface area (Å²) >= 11 is 0. The predicted octanol–water partition coefficient (Wildman–Crippen LogP) is 0.506. The normalized spacial score (nSPS) is 21.2. The summed E-state index contributed by atoms with van der Waals surface area (Å²) in [7, 11) is 2.18. The minimum Gasteiger partial charge on any atom is -0.357 e. The first-order chi connectivity index (χ1) is 10.7. The standard InChI is InChI=1S/C16H31N5O/c1-3-17-16(18-12-14-6-10-20(2)11-7-14)19-13-15(22)21-8-4-5-9-21/h14H,3-13H2,1-2H3,(H2,17,18,19). The molecule has 2 fully saturated rings. The van der Waals surface area contributed by atoms with Crippen molar-refractivity contribution in [3.63, 3.8) is 0 Å². The van der Waals surface area contributed by atoms with Gasteiger partial charge in [-0.25, -0.2) is 4.99 Å². The Labute approximate surface area is 134 Å². The molecular weight excluding hydrogens is 278 g/mol. The average molecular weight is 309 g/mol. The van der Waals surface area contributed by atoms with Gasteiger partial charge < -0.3 is 20.4 Å². The summed E-state index contributed by atoms with van der Waals surface area (Å²) in [5.74, 6) is 1.62. The van der Waals surface area contributed by atoms with Crippen molar-refractivity contribution in [1.82, 2.24) is 20.4 Å². The second kappa shape index (κ2) is 8.98. The van der Waals surface area contributed by atoms with Crippen molar-refractivity contribution in [2.45, 2.75) is 32.6 Å². The van der Waals surface area contributed by atoms with Crippen LogP contribution >= 0.6 is 0 Å². The molecule has 2 heterocycles. The van der Waals surface area contributed by atoms with E-state index >= 15 is 0 Å². The number of likely N-dealkylation sites (tertiary alicyclic amines) is 2. The summed E-state index contributed by atoms with van der Waals surface area (Å²) < 4.78 is 0. The Morgan fingerprint density at radius 1 is 1.14 bits per heavy atom. The fourth-order valence-electron chi connectivity index (χ4n) is 3.06. The molecule has 2 aliphatic rings. The Morgan fingerprint density at radius 3 is 2.45 bits per heavy atom. The molecule has 0 saturated carbocycles. The number of rotatable bonds is 5. The van der Waals surface area contributed by atoms with Gasteiger partial charge in [-0.05, 0) is 58.7 Å². The van der Waals surface area contributed by atoms with Crippen LogP contribution in [0.5, 0.6) is 0 Å². The van der Waals surface area contributed by atoms with Crippen LogP contribution in [0.4, 0.5) is 0 Å². The van der Waals surface area contributed by atoms with Gasteiger partial charge in [-0.15, -0.1) is 0 Å². The lowest BCUT2D eigenvalue weighted by atomic mass is 9.97. The third-order valence-electron chi connectivity index (χ3n) is 4.57. The van der Waals surface area contributed by atoms with Gasteiger partial charge in [0.1, 0.15) is 6.54 Å². The fraction of sp³-hybridized carbons (Fsp3) is 0.875. The molecular formula is C16H31N5O. The number of amides is 1. The van der Waals surface area contributed by atoms with E-state index in [2.05, 4.69) is 34.5 Å². The molecule has 0 aliphatic carbocycles. The van der Waals surface area contributed by atoms with E-state index in [-0.39, 0.29) is 12.5 Å². The maximum atomic E-state index is 12.1. The van der Waals surface area contributed by atoms with Crippen LogP contribution in [0.3, 0.4) is 0 Å². The van der Waals surface area contributed by atoms with Crippen LogP contribution in [0.2, 0.25) is 0 Å². The first kappa shape index (κ1) is 17.1. The van der Waals surface area contributed by atoms with Gasteiger partial charge in [-0.3, -0.25) is 4.79 Å². The molecule has 0 aromatic rings. The highest BCUT2D eigenvalue weighted by Gasteiger charge is 2.18. The number of hydrogen-bond donors (Lipinski definition) is 2. The second-order valence-corrected chi connectivity index (χ2v) is 6.41. The summed E-state index contributed by atoms with van der Waals surface area (Å²) in [6, 6.07) is 0. The lowest BCUT2D eigenvalue weighted by Gasteiger charge is -2.29. The van der Waals surface area contributed by atoms with Gasteiger partial charge in [0, 0.05) is 26.2 Å². The molecule has 0 aromatic carbocycles. The fourth-order valence-corrected chi connectivity index (χ4v) is 3.06. The zero-order valence-electron chi connectivity index (χ0n) is 14.1. The lowest BCUT2D eigenvalue weighted by Crippen LogP contribution is -2.43. The smallest absolute Gasteiger partial charge is 0.244 e. The molecule has 0 unspecified atom stereocenters.